The van der Waals surface area contributed by atoms with E-state index in [1.807, 2.05) is 30.0 Å². The van der Waals surface area contributed by atoms with Crippen LogP contribution >= 0.6 is 0 Å². The van der Waals surface area contributed by atoms with Crippen molar-refractivity contribution in [3.05, 3.63) is 23.8 Å². The SMILES string of the molecule is CCN(C[C@@H]1CCOC1)C(=O)NCc1ccc2c(c1)OCO2. The zero-order chi connectivity index (χ0) is 15.4. The number of hydrogen-bond donors (Lipinski definition) is 1. The third kappa shape index (κ3) is 3.44. The van der Waals surface area contributed by atoms with Gasteiger partial charge in [-0.3, -0.25) is 0 Å². The van der Waals surface area contributed by atoms with Crippen LogP contribution in [0.2, 0.25) is 0 Å². The Morgan fingerprint density at radius 3 is 3.00 bits per heavy atom. The van der Waals surface area contributed by atoms with Crippen molar-refractivity contribution in [3.8, 4) is 11.5 Å². The maximum Gasteiger partial charge on any atom is 0.317 e. The number of ether oxygens (including phenoxy) is 3. The van der Waals surface area contributed by atoms with Crippen LogP contribution in [0.25, 0.3) is 0 Å². The first-order chi connectivity index (χ1) is 10.8. The molecule has 6 heteroatoms. The molecule has 1 aromatic carbocycles. The van der Waals surface area contributed by atoms with E-state index < -0.39 is 0 Å². The summed E-state index contributed by atoms with van der Waals surface area (Å²) in [7, 11) is 0. The summed E-state index contributed by atoms with van der Waals surface area (Å²) in [5.74, 6) is 1.95. The van der Waals surface area contributed by atoms with Crippen molar-refractivity contribution >= 4 is 6.03 Å². The second kappa shape index (κ2) is 6.87. The van der Waals surface area contributed by atoms with E-state index >= 15 is 0 Å². The lowest BCUT2D eigenvalue weighted by Crippen LogP contribution is -2.42. The molecule has 0 radical (unpaired) electrons. The number of benzene rings is 1. The summed E-state index contributed by atoms with van der Waals surface area (Å²) < 4.78 is 16.0. The van der Waals surface area contributed by atoms with E-state index in [9.17, 15) is 4.79 Å². The molecule has 0 saturated carbocycles. The van der Waals surface area contributed by atoms with Crippen molar-refractivity contribution < 1.29 is 19.0 Å². The van der Waals surface area contributed by atoms with Crippen molar-refractivity contribution in [2.24, 2.45) is 5.92 Å². The first-order valence-corrected chi connectivity index (χ1v) is 7.75. The van der Waals surface area contributed by atoms with Crippen LogP contribution < -0.4 is 14.8 Å². The molecule has 2 aliphatic rings. The second-order valence-electron chi connectivity index (χ2n) is 5.61. The fraction of sp³-hybridized carbons (Fsp3) is 0.562. The fourth-order valence-corrected chi connectivity index (χ4v) is 2.74. The third-order valence-corrected chi connectivity index (χ3v) is 4.05. The lowest BCUT2D eigenvalue weighted by molar-refractivity contribution is 0.166. The van der Waals surface area contributed by atoms with E-state index in [0.717, 1.165) is 43.2 Å². The lowest BCUT2D eigenvalue weighted by Gasteiger charge is -2.24. The van der Waals surface area contributed by atoms with E-state index in [-0.39, 0.29) is 12.8 Å². The summed E-state index contributed by atoms with van der Waals surface area (Å²) in [4.78, 5) is 14.1. The molecule has 0 aromatic heterocycles. The number of amides is 2. The molecule has 1 aromatic rings. The van der Waals surface area contributed by atoms with E-state index in [1.54, 1.807) is 0 Å². The highest BCUT2D eigenvalue weighted by molar-refractivity contribution is 5.74. The number of carbonyl (C=O) groups excluding carboxylic acids is 1. The topological polar surface area (TPSA) is 60.0 Å². The van der Waals surface area contributed by atoms with Gasteiger partial charge in [-0.15, -0.1) is 0 Å². The molecule has 22 heavy (non-hydrogen) atoms. The fourth-order valence-electron chi connectivity index (χ4n) is 2.74. The Hall–Kier alpha value is -1.95. The molecule has 6 nitrogen and oxygen atoms in total. The zero-order valence-electron chi connectivity index (χ0n) is 12.8. The van der Waals surface area contributed by atoms with Gasteiger partial charge in [-0.2, -0.15) is 0 Å². The minimum absolute atomic E-state index is 0.0351. The van der Waals surface area contributed by atoms with Crippen LogP contribution in [0, 0.1) is 5.92 Å². The monoisotopic (exact) mass is 306 g/mol. The summed E-state index contributed by atoms with van der Waals surface area (Å²) in [6.07, 6.45) is 1.03. The standard InChI is InChI=1S/C16H22N2O4/c1-2-18(9-13-5-6-20-10-13)16(19)17-8-12-3-4-14-15(7-12)22-11-21-14/h3-4,7,13H,2,5-6,8-11H2,1H3,(H,17,19)/t13-/m0/s1. The number of rotatable bonds is 5. The highest BCUT2D eigenvalue weighted by Gasteiger charge is 2.21. The molecule has 0 spiro atoms. The van der Waals surface area contributed by atoms with Crippen LogP contribution in [0.4, 0.5) is 4.79 Å². The summed E-state index contributed by atoms with van der Waals surface area (Å²) in [5, 5.41) is 2.96. The van der Waals surface area contributed by atoms with E-state index in [2.05, 4.69) is 5.32 Å². The number of carbonyl (C=O) groups is 1. The van der Waals surface area contributed by atoms with Crippen molar-refractivity contribution in [1.29, 1.82) is 0 Å². The van der Waals surface area contributed by atoms with E-state index in [4.69, 9.17) is 14.2 Å². The summed E-state index contributed by atoms with van der Waals surface area (Å²) in [6, 6.07) is 5.68. The van der Waals surface area contributed by atoms with Crippen molar-refractivity contribution in [3.63, 3.8) is 0 Å². The van der Waals surface area contributed by atoms with Crippen LogP contribution in [-0.2, 0) is 11.3 Å². The Kier molecular flexibility index (Phi) is 4.68. The molecular weight excluding hydrogens is 284 g/mol. The van der Waals surface area contributed by atoms with Crippen LogP contribution in [0.1, 0.15) is 18.9 Å². The van der Waals surface area contributed by atoms with Crippen LogP contribution in [0.3, 0.4) is 0 Å². The van der Waals surface area contributed by atoms with Crippen molar-refractivity contribution in [2.75, 3.05) is 33.1 Å². The highest BCUT2D eigenvalue weighted by Crippen LogP contribution is 2.32. The number of fused-ring (bicyclic) bond motifs is 1. The van der Waals surface area contributed by atoms with Gasteiger partial charge in [0.25, 0.3) is 0 Å². The van der Waals surface area contributed by atoms with Gasteiger partial charge in [0, 0.05) is 32.2 Å². The molecule has 0 bridgehead atoms. The van der Waals surface area contributed by atoms with Gasteiger partial charge in [-0.05, 0) is 31.0 Å². The highest BCUT2D eigenvalue weighted by atomic mass is 16.7. The van der Waals surface area contributed by atoms with Gasteiger partial charge in [-0.25, -0.2) is 4.79 Å². The smallest absolute Gasteiger partial charge is 0.317 e. The molecule has 1 atom stereocenters. The summed E-state index contributed by atoms with van der Waals surface area (Å²) in [5.41, 5.74) is 0.998. The molecule has 0 unspecified atom stereocenters. The summed E-state index contributed by atoms with van der Waals surface area (Å²) in [6.45, 7) is 5.75. The minimum atomic E-state index is -0.0351. The van der Waals surface area contributed by atoms with Gasteiger partial charge in [0.2, 0.25) is 6.79 Å². The molecule has 3 rings (SSSR count). The predicted molar refractivity (Wildman–Crippen MR) is 81.0 cm³/mol. The Morgan fingerprint density at radius 2 is 2.23 bits per heavy atom. The van der Waals surface area contributed by atoms with Gasteiger partial charge in [0.15, 0.2) is 11.5 Å². The second-order valence-corrected chi connectivity index (χ2v) is 5.61. The van der Waals surface area contributed by atoms with E-state index in [0.29, 0.717) is 19.0 Å². The van der Waals surface area contributed by atoms with Crippen LogP contribution in [0.5, 0.6) is 11.5 Å². The third-order valence-electron chi connectivity index (χ3n) is 4.05. The van der Waals surface area contributed by atoms with Crippen molar-refractivity contribution in [1.82, 2.24) is 10.2 Å². The van der Waals surface area contributed by atoms with Gasteiger partial charge in [-0.1, -0.05) is 6.07 Å². The maximum atomic E-state index is 12.3. The normalized spacial score (nSPS) is 19.2. The average molecular weight is 306 g/mol. The van der Waals surface area contributed by atoms with Gasteiger partial charge >= 0.3 is 6.03 Å². The molecule has 120 valence electrons. The molecule has 1 saturated heterocycles. The molecule has 2 heterocycles. The minimum Gasteiger partial charge on any atom is -0.454 e. The van der Waals surface area contributed by atoms with Crippen LogP contribution in [-0.4, -0.2) is 44.0 Å². The number of nitrogens with zero attached hydrogens (tertiary/aromatic N) is 1. The molecule has 0 aliphatic carbocycles. The predicted octanol–water partition coefficient (Wildman–Crippen LogP) is 1.98. The molecule has 2 aliphatic heterocycles. The lowest BCUT2D eigenvalue weighted by atomic mass is 10.1. The number of hydrogen-bond acceptors (Lipinski definition) is 4. The van der Waals surface area contributed by atoms with E-state index in [1.165, 1.54) is 0 Å². The molecule has 1 N–H and O–H groups in total. The van der Waals surface area contributed by atoms with Gasteiger partial charge in [0.1, 0.15) is 0 Å². The number of nitrogens with one attached hydrogen (secondary N) is 1. The Morgan fingerprint density at radius 1 is 1.36 bits per heavy atom. The quantitative estimate of drug-likeness (QED) is 0.903. The van der Waals surface area contributed by atoms with Crippen molar-refractivity contribution in [2.45, 2.75) is 19.9 Å². The summed E-state index contributed by atoms with van der Waals surface area (Å²) >= 11 is 0. The Labute approximate surface area is 130 Å². The Bertz CT molecular complexity index is 529. The van der Waals surface area contributed by atoms with Crippen LogP contribution in [0.15, 0.2) is 18.2 Å². The zero-order valence-corrected chi connectivity index (χ0v) is 12.8. The Balaban J connectivity index is 1.52. The van der Waals surface area contributed by atoms with Gasteiger partial charge < -0.3 is 24.4 Å². The molecular formula is C16H22N2O4. The first-order valence-electron chi connectivity index (χ1n) is 7.75. The molecule has 1 fully saturated rings. The molecule has 2 amide bonds. The first kappa shape index (κ1) is 15.0. The van der Waals surface area contributed by atoms with Gasteiger partial charge in [0.05, 0.1) is 6.61 Å². The number of urea groups is 1. The maximum absolute atomic E-state index is 12.3. The largest absolute Gasteiger partial charge is 0.454 e. The average Bonchev–Trinajstić information content (AvgIpc) is 3.20.